The van der Waals surface area contributed by atoms with Crippen LogP contribution in [0.2, 0.25) is 5.02 Å². The van der Waals surface area contributed by atoms with Crippen LogP contribution in [0.4, 0.5) is 11.4 Å². The van der Waals surface area contributed by atoms with Gasteiger partial charge in [-0.3, -0.25) is 14.5 Å². The minimum absolute atomic E-state index is 0.0433. The number of para-hydroxylation sites is 2. The highest BCUT2D eigenvalue weighted by atomic mass is 35.5. The number of benzene rings is 2. The van der Waals surface area contributed by atoms with E-state index in [2.05, 4.69) is 10.3 Å². The van der Waals surface area contributed by atoms with E-state index in [0.717, 1.165) is 24.1 Å². The molecule has 1 aliphatic heterocycles. The molecule has 5 nitrogen and oxygen atoms in total. The van der Waals surface area contributed by atoms with Gasteiger partial charge in [-0.15, -0.1) is 0 Å². The quantitative estimate of drug-likeness (QED) is 0.767. The molecule has 2 aliphatic rings. The Balaban J connectivity index is 1.51. The molecule has 0 spiro atoms. The second-order valence-corrected chi connectivity index (χ2v) is 8.54. The first-order chi connectivity index (χ1) is 13.5. The number of aryl methyl sites for hydroxylation is 1. The highest BCUT2D eigenvalue weighted by Gasteiger charge is 2.46. The van der Waals surface area contributed by atoms with E-state index in [-0.39, 0.29) is 24.3 Å². The maximum atomic E-state index is 12.9. The number of nitrogens with zero attached hydrogens (tertiary/aromatic N) is 2. The lowest BCUT2D eigenvalue weighted by Crippen LogP contribution is -2.35. The van der Waals surface area contributed by atoms with Crippen LogP contribution in [0, 0.1) is 6.92 Å². The zero-order valence-electron chi connectivity index (χ0n) is 15.4. The molecule has 0 unspecified atom stereocenters. The average Bonchev–Trinajstić information content (AvgIpc) is 3.45. The molecule has 2 aromatic carbocycles. The summed E-state index contributed by atoms with van der Waals surface area (Å²) in [5.41, 5.74) is 2.39. The number of halogens is 1. The molecule has 0 aromatic heterocycles. The van der Waals surface area contributed by atoms with Gasteiger partial charge >= 0.3 is 0 Å². The van der Waals surface area contributed by atoms with Crippen molar-refractivity contribution in [2.45, 2.75) is 37.5 Å². The van der Waals surface area contributed by atoms with E-state index < -0.39 is 5.25 Å². The van der Waals surface area contributed by atoms with Crippen LogP contribution < -0.4 is 5.32 Å². The zero-order chi connectivity index (χ0) is 19.7. The molecule has 1 heterocycles. The van der Waals surface area contributed by atoms with E-state index in [1.807, 2.05) is 49.4 Å². The van der Waals surface area contributed by atoms with Crippen LogP contribution in [0.3, 0.4) is 0 Å². The fourth-order valence-corrected chi connectivity index (χ4v) is 4.48. The summed E-state index contributed by atoms with van der Waals surface area (Å²) in [4.78, 5) is 31.8. The number of carbonyl (C=O) groups is 2. The van der Waals surface area contributed by atoms with E-state index in [0.29, 0.717) is 15.9 Å². The number of anilines is 1. The zero-order valence-corrected chi connectivity index (χ0v) is 17.0. The van der Waals surface area contributed by atoms with E-state index in [4.69, 9.17) is 11.6 Å². The van der Waals surface area contributed by atoms with Crippen LogP contribution in [0.25, 0.3) is 0 Å². The minimum atomic E-state index is -0.467. The van der Waals surface area contributed by atoms with E-state index in [9.17, 15) is 9.59 Å². The summed E-state index contributed by atoms with van der Waals surface area (Å²) in [5, 5.41) is 3.62. The molecule has 28 heavy (non-hydrogen) atoms. The predicted octanol–water partition coefficient (Wildman–Crippen LogP) is 4.77. The molecule has 1 N–H and O–H groups in total. The molecule has 2 aromatic rings. The van der Waals surface area contributed by atoms with E-state index in [1.165, 1.54) is 11.8 Å². The number of hydrogen-bond acceptors (Lipinski definition) is 4. The third-order valence-electron chi connectivity index (χ3n) is 4.74. The monoisotopic (exact) mass is 413 g/mol. The van der Waals surface area contributed by atoms with Crippen molar-refractivity contribution < 1.29 is 9.59 Å². The van der Waals surface area contributed by atoms with Crippen molar-refractivity contribution in [1.82, 2.24) is 4.90 Å². The van der Waals surface area contributed by atoms with Crippen molar-refractivity contribution >= 4 is 51.7 Å². The average molecular weight is 414 g/mol. The summed E-state index contributed by atoms with van der Waals surface area (Å²) in [6.45, 7) is 1.94. The van der Waals surface area contributed by atoms with Gasteiger partial charge in [-0.1, -0.05) is 53.7 Å². The Morgan fingerprint density at radius 2 is 1.93 bits per heavy atom. The van der Waals surface area contributed by atoms with Crippen molar-refractivity contribution in [1.29, 1.82) is 0 Å². The van der Waals surface area contributed by atoms with Crippen LogP contribution in [-0.4, -0.2) is 33.2 Å². The van der Waals surface area contributed by atoms with Crippen molar-refractivity contribution in [2.75, 3.05) is 5.32 Å². The number of rotatable bonds is 5. The number of hydrogen-bond donors (Lipinski definition) is 1. The van der Waals surface area contributed by atoms with Gasteiger partial charge in [0.25, 0.3) is 0 Å². The molecule has 0 bridgehead atoms. The first-order valence-corrected chi connectivity index (χ1v) is 10.5. The Hall–Kier alpha value is -2.31. The number of carbonyl (C=O) groups excluding carboxylic acids is 2. The Labute approximate surface area is 173 Å². The fourth-order valence-electron chi connectivity index (χ4n) is 3.09. The lowest BCUT2D eigenvalue weighted by atomic mass is 10.2. The smallest absolute Gasteiger partial charge is 0.242 e. The largest absolute Gasteiger partial charge is 0.326 e. The van der Waals surface area contributed by atoms with Gasteiger partial charge in [0.2, 0.25) is 11.8 Å². The Kier molecular flexibility index (Phi) is 5.42. The summed E-state index contributed by atoms with van der Waals surface area (Å²) < 4.78 is 0. The summed E-state index contributed by atoms with van der Waals surface area (Å²) in [6, 6.07) is 15.1. The molecule has 2 amide bonds. The molecule has 0 radical (unpaired) electrons. The van der Waals surface area contributed by atoms with Gasteiger partial charge in [0.05, 0.1) is 10.7 Å². The van der Waals surface area contributed by atoms with Crippen LogP contribution in [0.1, 0.15) is 24.8 Å². The van der Waals surface area contributed by atoms with E-state index in [1.54, 1.807) is 11.0 Å². The second-order valence-electron chi connectivity index (χ2n) is 6.96. The number of amides is 2. The summed E-state index contributed by atoms with van der Waals surface area (Å²) in [7, 11) is 0. The van der Waals surface area contributed by atoms with Gasteiger partial charge in [-0.05, 0) is 43.5 Å². The van der Waals surface area contributed by atoms with Crippen molar-refractivity contribution in [3.8, 4) is 0 Å². The first-order valence-electron chi connectivity index (χ1n) is 9.21. The predicted molar refractivity (Wildman–Crippen MR) is 114 cm³/mol. The third-order valence-corrected chi connectivity index (χ3v) is 6.21. The van der Waals surface area contributed by atoms with Gasteiger partial charge in [0.1, 0.15) is 5.25 Å². The fraction of sp³-hybridized carbons (Fsp3) is 0.286. The molecule has 2 fully saturated rings. The van der Waals surface area contributed by atoms with Gasteiger partial charge < -0.3 is 5.32 Å². The van der Waals surface area contributed by atoms with Gasteiger partial charge in [-0.2, -0.15) is 0 Å². The number of aliphatic imine (C=N–C) groups is 1. The molecule has 4 rings (SSSR count). The molecular weight excluding hydrogens is 394 g/mol. The normalized spacial score (nSPS) is 20.6. The number of amidine groups is 1. The summed E-state index contributed by atoms with van der Waals surface area (Å²) >= 11 is 7.57. The SMILES string of the molecule is Cc1ccccc1NC(=O)C[C@@H]1SC(=Nc2ccccc2Cl)N(C2CC2)C1=O. The lowest BCUT2D eigenvalue weighted by molar-refractivity contribution is -0.128. The van der Waals surface area contributed by atoms with Crippen LogP contribution in [0.5, 0.6) is 0 Å². The van der Waals surface area contributed by atoms with Gasteiger partial charge in [-0.25, -0.2) is 4.99 Å². The van der Waals surface area contributed by atoms with Crippen molar-refractivity contribution in [3.63, 3.8) is 0 Å². The maximum Gasteiger partial charge on any atom is 0.242 e. The molecule has 1 saturated heterocycles. The Morgan fingerprint density at radius 3 is 2.64 bits per heavy atom. The topological polar surface area (TPSA) is 61.8 Å². The third kappa shape index (κ3) is 4.08. The lowest BCUT2D eigenvalue weighted by Gasteiger charge is -2.15. The molecule has 7 heteroatoms. The Morgan fingerprint density at radius 1 is 1.21 bits per heavy atom. The van der Waals surface area contributed by atoms with E-state index >= 15 is 0 Å². The molecule has 144 valence electrons. The van der Waals surface area contributed by atoms with Crippen LogP contribution >= 0.6 is 23.4 Å². The van der Waals surface area contributed by atoms with Gasteiger partial charge in [0, 0.05) is 18.2 Å². The highest BCUT2D eigenvalue weighted by molar-refractivity contribution is 8.15. The Bertz CT molecular complexity index is 958. The molecule has 1 atom stereocenters. The first kappa shape index (κ1) is 19.0. The van der Waals surface area contributed by atoms with Crippen LogP contribution in [-0.2, 0) is 9.59 Å². The van der Waals surface area contributed by atoms with Crippen molar-refractivity contribution in [3.05, 3.63) is 59.1 Å². The molecular formula is C21H20ClN3O2S. The number of nitrogens with one attached hydrogen (secondary N) is 1. The number of thioether (sulfide) groups is 1. The highest BCUT2D eigenvalue weighted by Crippen LogP contribution is 2.40. The second kappa shape index (κ2) is 7.97. The maximum absolute atomic E-state index is 12.9. The standard InChI is InChI=1S/C21H20ClN3O2S/c1-13-6-2-4-8-16(13)23-19(26)12-18-20(27)25(14-10-11-14)21(28-18)24-17-9-5-3-7-15(17)22/h2-9,14,18H,10-12H2,1H3,(H,23,26)/t18-/m0/s1. The minimum Gasteiger partial charge on any atom is -0.326 e. The van der Waals surface area contributed by atoms with Gasteiger partial charge in [0.15, 0.2) is 5.17 Å². The summed E-state index contributed by atoms with van der Waals surface area (Å²) in [5.74, 6) is -0.215. The molecule has 1 aliphatic carbocycles. The summed E-state index contributed by atoms with van der Waals surface area (Å²) in [6.07, 6.45) is 2.05. The van der Waals surface area contributed by atoms with Crippen molar-refractivity contribution in [2.24, 2.45) is 4.99 Å². The van der Waals surface area contributed by atoms with Crippen LogP contribution in [0.15, 0.2) is 53.5 Å². The molecule has 1 saturated carbocycles.